The molecule has 1 aliphatic carbocycles. The van der Waals surface area contributed by atoms with Gasteiger partial charge < -0.3 is 9.67 Å². The summed E-state index contributed by atoms with van der Waals surface area (Å²) < 4.78 is 28.3. The Labute approximate surface area is 169 Å². The molecule has 154 valence electrons. The number of rotatable bonds is 8. The minimum absolute atomic E-state index is 0.0200. The summed E-state index contributed by atoms with van der Waals surface area (Å²) in [5, 5.41) is 15.1. The Morgan fingerprint density at radius 1 is 1.45 bits per heavy atom. The van der Waals surface area contributed by atoms with Gasteiger partial charge in [-0.3, -0.25) is 8.98 Å². The normalized spacial score (nSPS) is 21.8. The standard InChI is InChI=1S/C19H22N4O5S/c1-2-4-23-5-3-14(10-23)19(25)16-9-21-12-22-17(16)7-13-6-15(18(24)8-13)11-28-29(20,26)27/h1,3,5,9-10,12-13,15,18,24H,4,6-8,11H2,(H2,20,26,27)/t13-,15+,18-/m0/s1. The number of carbonyl (C=O) groups is 1. The first-order valence-electron chi connectivity index (χ1n) is 9.05. The van der Waals surface area contributed by atoms with Gasteiger partial charge in [0.25, 0.3) is 0 Å². The van der Waals surface area contributed by atoms with Gasteiger partial charge in [0, 0.05) is 30.1 Å². The lowest BCUT2D eigenvalue weighted by Crippen LogP contribution is -2.24. The summed E-state index contributed by atoms with van der Waals surface area (Å²) >= 11 is 0. The lowest BCUT2D eigenvalue weighted by molar-refractivity contribution is 0.100. The van der Waals surface area contributed by atoms with Crippen molar-refractivity contribution in [3.05, 3.63) is 47.8 Å². The van der Waals surface area contributed by atoms with Crippen LogP contribution in [0.3, 0.4) is 0 Å². The summed E-state index contributed by atoms with van der Waals surface area (Å²) in [6.45, 7) is 0.197. The minimum Gasteiger partial charge on any atom is -0.393 e. The van der Waals surface area contributed by atoms with Crippen molar-refractivity contribution in [2.45, 2.75) is 31.9 Å². The van der Waals surface area contributed by atoms with Crippen LogP contribution in [0.25, 0.3) is 0 Å². The molecule has 3 atom stereocenters. The molecule has 2 aromatic heterocycles. The van der Waals surface area contributed by atoms with E-state index in [-0.39, 0.29) is 24.2 Å². The molecule has 2 heterocycles. The highest BCUT2D eigenvalue weighted by Gasteiger charge is 2.34. The van der Waals surface area contributed by atoms with Crippen molar-refractivity contribution in [1.29, 1.82) is 0 Å². The molecule has 0 amide bonds. The molecule has 0 radical (unpaired) electrons. The third-order valence-electron chi connectivity index (χ3n) is 5.01. The zero-order valence-corrected chi connectivity index (χ0v) is 16.5. The van der Waals surface area contributed by atoms with Crippen molar-refractivity contribution in [3.8, 4) is 12.3 Å². The molecule has 0 unspecified atom stereocenters. The van der Waals surface area contributed by atoms with Crippen molar-refractivity contribution in [1.82, 2.24) is 14.5 Å². The van der Waals surface area contributed by atoms with Crippen molar-refractivity contribution in [3.63, 3.8) is 0 Å². The van der Waals surface area contributed by atoms with E-state index in [4.69, 9.17) is 11.6 Å². The van der Waals surface area contributed by atoms with E-state index in [9.17, 15) is 18.3 Å². The van der Waals surface area contributed by atoms with E-state index in [0.29, 0.717) is 42.6 Å². The fourth-order valence-electron chi connectivity index (χ4n) is 3.66. The van der Waals surface area contributed by atoms with Crippen LogP contribution >= 0.6 is 0 Å². The van der Waals surface area contributed by atoms with E-state index in [2.05, 4.69) is 20.1 Å². The number of hydrogen-bond acceptors (Lipinski definition) is 7. The molecule has 1 aliphatic rings. The first-order valence-corrected chi connectivity index (χ1v) is 10.5. The number of hydrogen-bond donors (Lipinski definition) is 2. The van der Waals surface area contributed by atoms with Crippen LogP contribution in [0.5, 0.6) is 0 Å². The summed E-state index contributed by atoms with van der Waals surface area (Å²) in [5.41, 5.74) is 1.46. The summed E-state index contributed by atoms with van der Waals surface area (Å²) in [6, 6.07) is 1.69. The van der Waals surface area contributed by atoms with E-state index in [1.807, 2.05) is 0 Å². The molecule has 10 heteroatoms. The van der Waals surface area contributed by atoms with Crippen LogP contribution in [0.1, 0.15) is 34.5 Å². The molecule has 0 aromatic carbocycles. The zero-order valence-electron chi connectivity index (χ0n) is 15.6. The summed E-state index contributed by atoms with van der Waals surface area (Å²) in [7, 11) is -4.05. The summed E-state index contributed by atoms with van der Waals surface area (Å²) in [4.78, 5) is 21.1. The first kappa shape index (κ1) is 21.1. The molecule has 1 saturated carbocycles. The number of nitrogens with zero attached hydrogens (tertiary/aromatic N) is 3. The van der Waals surface area contributed by atoms with Gasteiger partial charge in [0.15, 0.2) is 5.78 Å². The molecule has 0 aliphatic heterocycles. The van der Waals surface area contributed by atoms with Crippen LogP contribution in [0.4, 0.5) is 0 Å². The Morgan fingerprint density at radius 3 is 2.97 bits per heavy atom. The lowest BCUT2D eigenvalue weighted by atomic mass is 9.95. The molecule has 3 N–H and O–H groups in total. The van der Waals surface area contributed by atoms with Crippen molar-refractivity contribution in [2.75, 3.05) is 6.61 Å². The Kier molecular flexibility index (Phi) is 6.44. The quantitative estimate of drug-likeness (QED) is 0.464. The molecule has 0 saturated heterocycles. The van der Waals surface area contributed by atoms with Crippen LogP contribution in [-0.2, 0) is 27.5 Å². The average Bonchev–Trinajstić information content (AvgIpc) is 3.26. The average molecular weight is 418 g/mol. The number of nitrogens with two attached hydrogens (primary N) is 1. The predicted octanol–water partition coefficient (Wildman–Crippen LogP) is 0.292. The molecule has 9 nitrogen and oxygen atoms in total. The topological polar surface area (TPSA) is 137 Å². The largest absolute Gasteiger partial charge is 0.393 e. The Morgan fingerprint density at radius 2 is 2.24 bits per heavy atom. The van der Waals surface area contributed by atoms with Crippen molar-refractivity contribution in [2.24, 2.45) is 17.0 Å². The fraction of sp³-hybridized carbons (Fsp3) is 0.421. The molecule has 0 spiro atoms. The third kappa shape index (κ3) is 5.48. The fourth-order valence-corrected chi connectivity index (χ4v) is 4.02. The summed E-state index contributed by atoms with van der Waals surface area (Å²) in [6.07, 6.45) is 12.3. The molecular formula is C19H22N4O5S. The van der Waals surface area contributed by atoms with Gasteiger partial charge >= 0.3 is 10.3 Å². The maximum atomic E-state index is 12.9. The Hall–Kier alpha value is -2.58. The minimum atomic E-state index is -4.05. The van der Waals surface area contributed by atoms with E-state index < -0.39 is 16.4 Å². The predicted molar refractivity (Wildman–Crippen MR) is 104 cm³/mol. The van der Waals surface area contributed by atoms with Gasteiger partial charge in [0.1, 0.15) is 6.33 Å². The van der Waals surface area contributed by atoms with Gasteiger partial charge in [-0.2, -0.15) is 8.42 Å². The second-order valence-electron chi connectivity index (χ2n) is 7.14. The van der Waals surface area contributed by atoms with Gasteiger partial charge in [-0.15, -0.1) is 6.42 Å². The van der Waals surface area contributed by atoms with Crippen molar-refractivity contribution >= 4 is 16.1 Å². The van der Waals surface area contributed by atoms with Gasteiger partial charge in [0.2, 0.25) is 0 Å². The lowest BCUT2D eigenvalue weighted by Gasteiger charge is -2.13. The van der Waals surface area contributed by atoms with Crippen LogP contribution < -0.4 is 5.14 Å². The second-order valence-corrected chi connectivity index (χ2v) is 8.36. The highest BCUT2D eigenvalue weighted by atomic mass is 32.2. The van der Waals surface area contributed by atoms with Crippen LogP contribution in [-0.4, -0.2) is 46.6 Å². The Bertz CT molecular complexity index is 1030. The van der Waals surface area contributed by atoms with E-state index in [0.717, 1.165) is 0 Å². The van der Waals surface area contributed by atoms with Crippen LogP contribution in [0, 0.1) is 24.2 Å². The summed E-state index contributed by atoms with van der Waals surface area (Å²) in [5.74, 6) is 1.98. The number of carbonyl (C=O) groups excluding carboxylic acids is 1. The highest BCUT2D eigenvalue weighted by molar-refractivity contribution is 7.84. The van der Waals surface area contributed by atoms with Gasteiger partial charge in [0.05, 0.1) is 30.5 Å². The van der Waals surface area contributed by atoms with E-state index >= 15 is 0 Å². The monoisotopic (exact) mass is 418 g/mol. The van der Waals surface area contributed by atoms with Gasteiger partial charge in [-0.1, -0.05) is 5.92 Å². The molecule has 0 bridgehead atoms. The Balaban J connectivity index is 1.71. The van der Waals surface area contributed by atoms with E-state index in [1.165, 1.54) is 12.5 Å². The zero-order chi connectivity index (χ0) is 21.0. The van der Waals surface area contributed by atoms with Crippen LogP contribution in [0.15, 0.2) is 31.0 Å². The molecule has 3 rings (SSSR count). The number of aliphatic hydroxyl groups excluding tert-OH is 1. The van der Waals surface area contributed by atoms with Crippen molar-refractivity contribution < 1.29 is 22.5 Å². The maximum absolute atomic E-state index is 12.9. The highest BCUT2D eigenvalue weighted by Crippen LogP contribution is 2.34. The molecule has 2 aromatic rings. The molecular weight excluding hydrogens is 396 g/mol. The van der Waals surface area contributed by atoms with E-state index in [1.54, 1.807) is 23.0 Å². The molecule has 1 fully saturated rings. The molecule has 29 heavy (non-hydrogen) atoms. The van der Waals surface area contributed by atoms with Gasteiger partial charge in [-0.25, -0.2) is 15.1 Å². The number of ketones is 1. The second kappa shape index (κ2) is 8.84. The maximum Gasteiger partial charge on any atom is 0.333 e. The number of aromatic nitrogens is 3. The SMILES string of the molecule is C#CCn1ccc(C(=O)c2cncnc2C[C@@H]2C[C@H](COS(N)(=O)=O)[C@@H](O)C2)c1. The smallest absolute Gasteiger partial charge is 0.333 e. The van der Waals surface area contributed by atoms with Crippen LogP contribution in [0.2, 0.25) is 0 Å². The van der Waals surface area contributed by atoms with Gasteiger partial charge in [-0.05, 0) is 31.2 Å². The third-order valence-corrected chi connectivity index (χ3v) is 5.47. The number of aliphatic hydroxyl groups is 1. The first-order chi connectivity index (χ1) is 13.8. The number of terminal acetylenes is 1.